The number of anilines is 1. The van der Waals surface area contributed by atoms with Gasteiger partial charge in [0.25, 0.3) is 40.5 Å². The van der Waals surface area contributed by atoms with E-state index < -0.39 is 94.3 Å². The molecule has 8 N–H and O–H groups in total. The standard InChI is InChI=1S/C38H27N7O14S4/c39-34-33-23(18-31(63(57,58)59)37(38(33)47)45-40-24-4-2-1-3-5-24)17-30(62(54,55)56)36(34)44-42-26-13-8-21(9-14-26)20-6-11-25(12-7-20)41-43-35-28(46)15-10-22-16-27(60(48,49)50)19-29(32(22)35)61(51,52)53/h1-19,46-47H,39H2,(H,48,49,50)(H,51,52,53)(H,54,55,56)(H,57,58,59). The number of nitrogens with two attached hydrogens (primary N) is 1. The summed E-state index contributed by atoms with van der Waals surface area (Å²) in [6, 6.07) is 25.6. The zero-order chi connectivity index (χ0) is 45.6. The summed E-state index contributed by atoms with van der Waals surface area (Å²) in [7, 11) is -20.2. The predicted molar refractivity (Wildman–Crippen MR) is 226 cm³/mol. The molecule has 21 nitrogen and oxygen atoms in total. The number of aromatic hydroxyl groups is 2. The van der Waals surface area contributed by atoms with Crippen molar-refractivity contribution >= 4 is 102 Å². The van der Waals surface area contributed by atoms with E-state index in [-0.39, 0.29) is 38.6 Å². The van der Waals surface area contributed by atoms with Crippen LogP contribution >= 0.6 is 0 Å². The minimum absolute atomic E-state index is 0.115. The SMILES string of the molecule is Nc1c(N=Nc2ccc(-c3ccc(N=Nc4c(O)ccc5cc(S(=O)(=O)O)cc(S(=O)(=O)O)c45)cc3)cc2)c(S(=O)(=O)O)cc2cc(S(=O)(=O)O)c(N=Nc3ccccc3)c(O)c12. The molecule has 25 heteroatoms. The predicted octanol–water partition coefficient (Wildman–Crippen LogP) is 8.89. The average Bonchev–Trinajstić information content (AvgIpc) is 3.21. The van der Waals surface area contributed by atoms with Gasteiger partial charge in [0.2, 0.25) is 0 Å². The number of phenols is 2. The van der Waals surface area contributed by atoms with Crippen LogP contribution in [0.2, 0.25) is 0 Å². The van der Waals surface area contributed by atoms with Crippen LogP contribution in [-0.4, -0.2) is 62.1 Å². The lowest BCUT2D eigenvalue weighted by Gasteiger charge is -2.14. The molecule has 63 heavy (non-hydrogen) atoms. The third-order valence-corrected chi connectivity index (χ3v) is 12.5. The first-order valence-electron chi connectivity index (χ1n) is 17.3. The number of rotatable bonds is 11. The van der Waals surface area contributed by atoms with Crippen molar-refractivity contribution in [2.24, 2.45) is 30.7 Å². The molecule has 0 unspecified atom stereocenters. The molecular formula is C38H27N7O14S4. The highest BCUT2D eigenvalue weighted by Crippen LogP contribution is 2.48. The molecule has 0 spiro atoms. The van der Waals surface area contributed by atoms with Crippen molar-refractivity contribution in [2.45, 2.75) is 19.6 Å². The van der Waals surface area contributed by atoms with E-state index in [2.05, 4.69) is 30.7 Å². The molecule has 0 aliphatic carbocycles. The van der Waals surface area contributed by atoms with Crippen LogP contribution in [0.5, 0.6) is 11.5 Å². The zero-order valence-corrected chi connectivity index (χ0v) is 34.6. The van der Waals surface area contributed by atoms with Gasteiger partial charge in [-0.25, -0.2) is 0 Å². The molecule has 0 aromatic heterocycles. The molecule has 322 valence electrons. The van der Waals surface area contributed by atoms with Crippen LogP contribution in [0.1, 0.15) is 0 Å². The van der Waals surface area contributed by atoms with Gasteiger partial charge in [0.1, 0.15) is 37.5 Å². The molecule has 0 atom stereocenters. The van der Waals surface area contributed by atoms with Crippen LogP contribution in [0.4, 0.5) is 39.8 Å². The molecule has 0 aliphatic rings. The molecule has 7 aromatic carbocycles. The van der Waals surface area contributed by atoms with Crippen LogP contribution in [0.3, 0.4) is 0 Å². The molecule has 0 radical (unpaired) electrons. The van der Waals surface area contributed by atoms with E-state index in [4.69, 9.17) is 5.73 Å². The Kier molecular flexibility index (Phi) is 11.4. The van der Waals surface area contributed by atoms with E-state index >= 15 is 0 Å². The fourth-order valence-corrected chi connectivity index (χ4v) is 8.88. The van der Waals surface area contributed by atoms with Gasteiger partial charge in [0.05, 0.1) is 33.0 Å². The monoisotopic (exact) mass is 933 g/mol. The topological polar surface area (TPSA) is 358 Å². The van der Waals surface area contributed by atoms with Crippen molar-refractivity contribution in [3.8, 4) is 22.6 Å². The largest absolute Gasteiger partial charge is 0.506 e. The van der Waals surface area contributed by atoms with Gasteiger partial charge in [-0.1, -0.05) is 48.5 Å². The third kappa shape index (κ3) is 9.25. The van der Waals surface area contributed by atoms with Gasteiger partial charge >= 0.3 is 0 Å². The fourth-order valence-electron chi connectivity index (χ4n) is 6.19. The molecule has 0 bridgehead atoms. The molecule has 0 heterocycles. The van der Waals surface area contributed by atoms with Gasteiger partial charge in [-0.3, -0.25) is 18.2 Å². The van der Waals surface area contributed by atoms with Gasteiger partial charge in [-0.2, -0.15) is 49.0 Å². The van der Waals surface area contributed by atoms with Gasteiger partial charge < -0.3 is 15.9 Å². The molecule has 7 aromatic rings. The second kappa shape index (κ2) is 16.3. The van der Waals surface area contributed by atoms with Crippen molar-refractivity contribution in [1.29, 1.82) is 0 Å². The van der Waals surface area contributed by atoms with Crippen molar-refractivity contribution in [2.75, 3.05) is 5.73 Å². The van der Waals surface area contributed by atoms with Crippen molar-refractivity contribution in [3.05, 3.63) is 115 Å². The van der Waals surface area contributed by atoms with Crippen LogP contribution in [0.25, 0.3) is 32.7 Å². The summed E-state index contributed by atoms with van der Waals surface area (Å²) in [6.45, 7) is 0. The smallest absolute Gasteiger partial charge is 0.296 e. The molecule has 0 aliphatic heterocycles. The fraction of sp³-hybridized carbons (Fsp3) is 0. The highest BCUT2D eigenvalue weighted by Gasteiger charge is 2.28. The van der Waals surface area contributed by atoms with Crippen LogP contribution in [-0.2, 0) is 40.5 Å². The van der Waals surface area contributed by atoms with Gasteiger partial charge in [-0.05, 0) is 88.6 Å². The lowest BCUT2D eigenvalue weighted by molar-refractivity contribution is 0.472. The summed E-state index contributed by atoms with van der Waals surface area (Å²) in [5.41, 5.74) is 5.80. The Morgan fingerprint density at radius 1 is 0.413 bits per heavy atom. The lowest BCUT2D eigenvalue weighted by Crippen LogP contribution is -2.04. The first-order valence-corrected chi connectivity index (χ1v) is 23.1. The average molecular weight is 934 g/mol. The minimum Gasteiger partial charge on any atom is -0.506 e. The Labute approximate surface area is 356 Å². The molecule has 0 amide bonds. The maximum atomic E-state index is 12.5. The molecular weight excluding hydrogens is 907 g/mol. The number of nitrogen functional groups attached to an aromatic ring is 1. The number of phenolic OH excluding ortho intramolecular Hbond substituents is 2. The van der Waals surface area contributed by atoms with Crippen molar-refractivity contribution in [1.82, 2.24) is 0 Å². The van der Waals surface area contributed by atoms with E-state index in [1.165, 1.54) is 36.4 Å². The molecule has 0 saturated carbocycles. The Bertz CT molecular complexity index is 3570. The summed E-state index contributed by atoms with van der Waals surface area (Å²) in [5.74, 6) is -1.48. The minimum atomic E-state index is -5.12. The zero-order valence-electron chi connectivity index (χ0n) is 31.3. The Morgan fingerprint density at radius 2 is 0.873 bits per heavy atom. The Morgan fingerprint density at radius 3 is 1.37 bits per heavy atom. The van der Waals surface area contributed by atoms with E-state index in [0.29, 0.717) is 17.2 Å². The maximum Gasteiger partial charge on any atom is 0.296 e. The second-order valence-corrected chi connectivity index (χ2v) is 18.8. The van der Waals surface area contributed by atoms with Gasteiger partial charge in [0, 0.05) is 5.39 Å². The van der Waals surface area contributed by atoms with E-state index in [9.17, 15) is 62.1 Å². The van der Waals surface area contributed by atoms with E-state index in [1.807, 2.05) is 0 Å². The van der Waals surface area contributed by atoms with Gasteiger partial charge in [-0.15, -0.1) is 15.3 Å². The summed E-state index contributed by atoms with van der Waals surface area (Å²) in [6.07, 6.45) is 0. The number of hydrogen-bond donors (Lipinski definition) is 7. The number of benzene rings is 7. The van der Waals surface area contributed by atoms with Gasteiger partial charge in [0.15, 0.2) is 5.75 Å². The van der Waals surface area contributed by atoms with E-state index in [0.717, 1.165) is 30.3 Å². The molecule has 0 saturated heterocycles. The quantitative estimate of drug-likeness (QED) is 0.0361. The maximum absolute atomic E-state index is 12.5. The molecule has 0 fully saturated rings. The van der Waals surface area contributed by atoms with Crippen LogP contribution in [0, 0.1) is 0 Å². The summed E-state index contributed by atoms with van der Waals surface area (Å²) >= 11 is 0. The highest BCUT2D eigenvalue weighted by molar-refractivity contribution is 7.87. The first-order chi connectivity index (χ1) is 29.5. The first kappa shape index (κ1) is 44.0. The highest BCUT2D eigenvalue weighted by atomic mass is 32.2. The number of nitrogens with zero attached hydrogens (tertiary/aromatic N) is 6. The van der Waals surface area contributed by atoms with Crippen molar-refractivity contribution in [3.63, 3.8) is 0 Å². The Balaban J connectivity index is 1.19. The lowest BCUT2D eigenvalue weighted by atomic mass is 10.0. The normalized spacial score (nSPS) is 13.0. The number of hydrogen-bond acceptors (Lipinski definition) is 17. The number of fused-ring (bicyclic) bond motifs is 2. The number of azo groups is 3. The van der Waals surface area contributed by atoms with E-state index in [1.54, 1.807) is 42.5 Å². The summed E-state index contributed by atoms with van der Waals surface area (Å²) < 4.78 is 137. The second-order valence-electron chi connectivity index (χ2n) is 13.2. The molecule has 7 rings (SSSR count). The van der Waals surface area contributed by atoms with Crippen LogP contribution < -0.4 is 5.73 Å². The van der Waals surface area contributed by atoms with Crippen LogP contribution in [0.15, 0.2) is 166 Å². The van der Waals surface area contributed by atoms with Crippen molar-refractivity contribution < 1.29 is 62.1 Å². The Hall–Kier alpha value is -7.10. The summed E-state index contributed by atoms with van der Waals surface area (Å²) in [5, 5.41) is 44.3. The summed E-state index contributed by atoms with van der Waals surface area (Å²) in [4.78, 5) is -3.64. The third-order valence-electron chi connectivity index (χ3n) is 9.07.